The molecular formula is C14H28N2. The zero-order valence-corrected chi connectivity index (χ0v) is 11.4. The smallest absolute Gasteiger partial charge is 0.0226 e. The summed E-state index contributed by atoms with van der Waals surface area (Å²) < 4.78 is 0. The normalized spacial score (nSPS) is 18.8. The van der Waals surface area contributed by atoms with E-state index in [-0.39, 0.29) is 5.54 Å². The van der Waals surface area contributed by atoms with Crippen LogP contribution in [0.5, 0.6) is 0 Å². The molecule has 2 heteroatoms. The lowest BCUT2D eigenvalue weighted by Crippen LogP contribution is -2.51. The molecule has 0 aromatic rings. The quantitative estimate of drug-likeness (QED) is 0.669. The highest BCUT2D eigenvalue weighted by Gasteiger charge is 2.28. The van der Waals surface area contributed by atoms with Crippen LogP contribution < -0.4 is 5.32 Å². The number of nitrogens with zero attached hydrogens (tertiary/aromatic N) is 1. The molecule has 94 valence electrons. The zero-order chi connectivity index (χ0) is 12.2. The second-order valence-electron chi connectivity index (χ2n) is 5.86. The van der Waals surface area contributed by atoms with Crippen LogP contribution in [0.1, 0.15) is 47.0 Å². The second kappa shape index (κ2) is 5.83. The van der Waals surface area contributed by atoms with E-state index in [1.165, 1.54) is 19.3 Å². The van der Waals surface area contributed by atoms with Crippen molar-refractivity contribution in [1.29, 1.82) is 0 Å². The van der Waals surface area contributed by atoms with Gasteiger partial charge in [-0.25, -0.2) is 0 Å². The van der Waals surface area contributed by atoms with E-state index >= 15 is 0 Å². The zero-order valence-electron chi connectivity index (χ0n) is 11.4. The molecular weight excluding hydrogens is 196 g/mol. The molecule has 1 atom stereocenters. The van der Waals surface area contributed by atoms with Crippen molar-refractivity contribution in [1.82, 2.24) is 10.2 Å². The summed E-state index contributed by atoms with van der Waals surface area (Å²) in [4.78, 5) is 2.55. The van der Waals surface area contributed by atoms with Crippen molar-refractivity contribution in [3.8, 4) is 0 Å². The predicted octanol–water partition coefficient (Wildman–Crippen LogP) is 2.80. The van der Waals surface area contributed by atoms with Gasteiger partial charge in [0, 0.05) is 30.7 Å². The molecule has 0 radical (unpaired) electrons. The van der Waals surface area contributed by atoms with E-state index in [0.717, 1.165) is 19.1 Å². The maximum absolute atomic E-state index is 3.88. The third-order valence-electron chi connectivity index (χ3n) is 3.32. The minimum absolute atomic E-state index is 0.222. The molecule has 0 heterocycles. The van der Waals surface area contributed by atoms with Crippen molar-refractivity contribution in [2.75, 3.05) is 13.1 Å². The highest BCUT2D eigenvalue weighted by atomic mass is 15.2. The Kier molecular flexibility index (Phi) is 5.00. The van der Waals surface area contributed by atoms with Crippen molar-refractivity contribution in [2.24, 2.45) is 0 Å². The lowest BCUT2D eigenvalue weighted by Gasteiger charge is -2.41. The molecule has 16 heavy (non-hydrogen) atoms. The minimum atomic E-state index is 0.222. The topological polar surface area (TPSA) is 15.3 Å². The molecule has 0 aromatic carbocycles. The first kappa shape index (κ1) is 13.7. The van der Waals surface area contributed by atoms with Gasteiger partial charge in [-0.2, -0.15) is 0 Å². The molecule has 1 rings (SSSR count). The third kappa shape index (κ3) is 4.26. The fourth-order valence-electron chi connectivity index (χ4n) is 2.17. The summed E-state index contributed by atoms with van der Waals surface area (Å²) >= 11 is 0. The van der Waals surface area contributed by atoms with E-state index in [0.29, 0.717) is 6.04 Å². The molecule has 0 spiro atoms. The molecule has 0 aliphatic heterocycles. The Labute approximate surface area is 101 Å². The first-order valence-corrected chi connectivity index (χ1v) is 6.60. The van der Waals surface area contributed by atoms with Crippen molar-refractivity contribution in [3.63, 3.8) is 0 Å². The van der Waals surface area contributed by atoms with Gasteiger partial charge in [0.05, 0.1) is 0 Å². The molecule has 1 N–H and O–H groups in total. The molecule has 0 saturated heterocycles. The summed E-state index contributed by atoms with van der Waals surface area (Å²) in [5.74, 6) is 0. The van der Waals surface area contributed by atoms with Gasteiger partial charge in [-0.05, 0) is 40.0 Å². The fraction of sp³-hybridized carbons (Fsp3) is 0.857. The molecule has 1 aliphatic carbocycles. The lowest BCUT2D eigenvalue weighted by molar-refractivity contribution is 0.0926. The van der Waals surface area contributed by atoms with Gasteiger partial charge in [0.15, 0.2) is 0 Å². The van der Waals surface area contributed by atoms with Crippen LogP contribution in [0.4, 0.5) is 0 Å². The number of hydrogen-bond donors (Lipinski definition) is 1. The average Bonchev–Trinajstić information content (AvgIpc) is 2.99. The average molecular weight is 224 g/mol. The second-order valence-corrected chi connectivity index (χ2v) is 5.86. The van der Waals surface area contributed by atoms with E-state index < -0.39 is 0 Å². The fourth-order valence-corrected chi connectivity index (χ4v) is 2.17. The van der Waals surface area contributed by atoms with Gasteiger partial charge in [0.25, 0.3) is 0 Å². The Bertz CT molecular complexity index is 213. The maximum Gasteiger partial charge on any atom is 0.0226 e. The van der Waals surface area contributed by atoms with Crippen LogP contribution in [0, 0.1) is 0 Å². The first-order valence-electron chi connectivity index (χ1n) is 6.60. The Morgan fingerprint density at radius 2 is 2.06 bits per heavy atom. The molecule has 1 aliphatic rings. The number of hydrogen-bond acceptors (Lipinski definition) is 2. The van der Waals surface area contributed by atoms with E-state index in [2.05, 4.69) is 44.5 Å². The van der Waals surface area contributed by atoms with Gasteiger partial charge < -0.3 is 5.32 Å². The van der Waals surface area contributed by atoms with E-state index in [9.17, 15) is 0 Å². The molecule has 0 aromatic heterocycles. The summed E-state index contributed by atoms with van der Waals surface area (Å²) in [7, 11) is 0. The summed E-state index contributed by atoms with van der Waals surface area (Å²) in [5, 5.41) is 3.64. The van der Waals surface area contributed by atoms with Crippen LogP contribution in [0.15, 0.2) is 12.7 Å². The van der Waals surface area contributed by atoms with Gasteiger partial charge in [0.1, 0.15) is 0 Å². The summed E-state index contributed by atoms with van der Waals surface area (Å²) in [5.41, 5.74) is 0.222. The molecule has 2 nitrogen and oxygen atoms in total. The molecule has 0 amide bonds. The number of rotatable bonds is 7. The summed E-state index contributed by atoms with van der Waals surface area (Å²) in [6.45, 7) is 15.1. The molecule has 0 bridgehead atoms. The molecule has 1 unspecified atom stereocenters. The highest BCUT2D eigenvalue weighted by Crippen LogP contribution is 2.21. The maximum atomic E-state index is 3.88. The van der Waals surface area contributed by atoms with E-state index in [4.69, 9.17) is 0 Å². The summed E-state index contributed by atoms with van der Waals surface area (Å²) in [6.07, 6.45) is 5.96. The first-order chi connectivity index (χ1) is 7.49. The van der Waals surface area contributed by atoms with Crippen LogP contribution in [0.25, 0.3) is 0 Å². The predicted molar refractivity (Wildman–Crippen MR) is 71.8 cm³/mol. The van der Waals surface area contributed by atoms with Gasteiger partial charge in [-0.3, -0.25) is 4.90 Å². The van der Waals surface area contributed by atoms with Crippen molar-refractivity contribution in [2.45, 2.75) is 64.6 Å². The molecule has 1 fully saturated rings. The Morgan fingerprint density at radius 1 is 1.44 bits per heavy atom. The monoisotopic (exact) mass is 224 g/mol. The van der Waals surface area contributed by atoms with Gasteiger partial charge in [0.2, 0.25) is 0 Å². The van der Waals surface area contributed by atoms with Crippen LogP contribution in [0.2, 0.25) is 0 Å². The number of nitrogens with one attached hydrogen (secondary N) is 1. The van der Waals surface area contributed by atoms with E-state index in [1.807, 2.05) is 6.08 Å². The van der Waals surface area contributed by atoms with Crippen LogP contribution >= 0.6 is 0 Å². The Hall–Kier alpha value is -0.340. The Morgan fingerprint density at radius 3 is 2.44 bits per heavy atom. The molecule has 1 saturated carbocycles. The lowest BCUT2D eigenvalue weighted by atomic mass is 10.0. The standard InChI is InChI=1S/C14H28N2/c1-6-10-16(14(3,4)5)13(7-2)11-15-12-8-9-12/h6,12-13,15H,1,7-11H2,2-5H3. The third-order valence-corrected chi connectivity index (χ3v) is 3.32. The SMILES string of the molecule is C=CCN(C(CC)CNC1CC1)C(C)(C)C. The van der Waals surface area contributed by atoms with Gasteiger partial charge in [-0.15, -0.1) is 6.58 Å². The van der Waals surface area contributed by atoms with Crippen LogP contribution in [-0.4, -0.2) is 35.6 Å². The van der Waals surface area contributed by atoms with Crippen LogP contribution in [0.3, 0.4) is 0 Å². The Balaban J connectivity index is 2.52. The highest BCUT2D eigenvalue weighted by molar-refractivity contribution is 4.90. The van der Waals surface area contributed by atoms with Gasteiger partial charge >= 0.3 is 0 Å². The van der Waals surface area contributed by atoms with Gasteiger partial charge in [-0.1, -0.05) is 13.0 Å². The summed E-state index contributed by atoms with van der Waals surface area (Å²) in [6, 6.07) is 1.43. The van der Waals surface area contributed by atoms with Crippen molar-refractivity contribution in [3.05, 3.63) is 12.7 Å². The minimum Gasteiger partial charge on any atom is -0.312 e. The van der Waals surface area contributed by atoms with E-state index in [1.54, 1.807) is 0 Å². The van der Waals surface area contributed by atoms with Crippen LogP contribution in [-0.2, 0) is 0 Å². The van der Waals surface area contributed by atoms with Crippen molar-refractivity contribution < 1.29 is 0 Å². The largest absolute Gasteiger partial charge is 0.312 e. The van der Waals surface area contributed by atoms with Crippen molar-refractivity contribution >= 4 is 0 Å².